The molecule has 3 aromatic heterocycles. The summed E-state index contributed by atoms with van der Waals surface area (Å²) in [5.41, 5.74) is 1.23. The number of anilines is 1. The lowest BCUT2D eigenvalue weighted by Gasteiger charge is -2.14. The van der Waals surface area contributed by atoms with Crippen LogP contribution in [-0.4, -0.2) is 30.9 Å². The minimum Gasteiger partial charge on any atom is -0.405 e. The molecule has 0 saturated heterocycles. The molecule has 12 heteroatoms. The summed E-state index contributed by atoms with van der Waals surface area (Å²) in [6, 6.07) is 5.95. The van der Waals surface area contributed by atoms with Gasteiger partial charge in [0.15, 0.2) is 5.65 Å². The molecule has 0 saturated carbocycles. The number of aromatic amines is 2. The number of hydrogen-bond donors (Lipinski definition) is 3. The number of fused-ring (bicyclic) bond motifs is 1. The maximum absolute atomic E-state index is 12.7. The maximum atomic E-state index is 12.7. The van der Waals surface area contributed by atoms with E-state index in [0.717, 1.165) is 5.56 Å². The Morgan fingerprint density at radius 3 is 2.83 bits per heavy atom. The van der Waals surface area contributed by atoms with Crippen LogP contribution in [0.1, 0.15) is 11.1 Å². The van der Waals surface area contributed by atoms with Crippen molar-refractivity contribution in [1.29, 1.82) is 0 Å². The van der Waals surface area contributed by atoms with E-state index in [1.165, 1.54) is 29.0 Å². The topological polar surface area (TPSA) is 101 Å². The summed E-state index contributed by atoms with van der Waals surface area (Å²) in [5, 5.41) is 3.04. The number of hydrogen-bond acceptors (Lipinski definition) is 5. The zero-order valence-corrected chi connectivity index (χ0v) is 16.7. The molecule has 0 aliphatic rings. The van der Waals surface area contributed by atoms with Crippen LogP contribution >= 0.6 is 15.9 Å². The molecular weight excluding hydrogens is 469 g/mol. The molecule has 0 fully saturated rings. The summed E-state index contributed by atoms with van der Waals surface area (Å²) in [5.74, 6) is -0.121. The quantitative estimate of drug-likeness (QED) is 0.388. The fraction of sp³-hybridized carbons (Fsp3) is 0.167. The Hall–Kier alpha value is -3.28. The standard InChI is InChI=1S/C18H14BrF3N6O2/c19-12-1-2-14(30-18(20,21)22)11(5-12)9-28-15-13(26-17(28)29)8-25-16(27-15)24-7-10-3-4-23-6-10/h1-6,8,23H,7,9H2,(H,26,29)(H,24,25,27). The van der Waals surface area contributed by atoms with Gasteiger partial charge >= 0.3 is 12.1 Å². The van der Waals surface area contributed by atoms with Crippen molar-refractivity contribution >= 4 is 33.0 Å². The van der Waals surface area contributed by atoms with Crippen LogP contribution in [0.15, 0.2) is 52.1 Å². The number of benzene rings is 1. The summed E-state index contributed by atoms with van der Waals surface area (Å²) in [6.45, 7) is 0.275. The van der Waals surface area contributed by atoms with Crippen molar-refractivity contribution in [3.63, 3.8) is 0 Å². The molecule has 3 heterocycles. The van der Waals surface area contributed by atoms with E-state index in [-0.39, 0.29) is 23.7 Å². The minimum atomic E-state index is -4.86. The second-order valence-corrected chi connectivity index (χ2v) is 7.24. The number of imidazole rings is 1. The lowest BCUT2D eigenvalue weighted by atomic mass is 10.2. The van der Waals surface area contributed by atoms with Gasteiger partial charge in [0.1, 0.15) is 11.3 Å². The molecule has 156 valence electrons. The SMILES string of the molecule is O=c1[nH]c2cnc(NCc3cc[nH]c3)nc2n1Cc1cc(Br)ccc1OC(F)(F)F. The second kappa shape index (κ2) is 7.86. The molecule has 0 atom stereocenters. The number of ether oxygens (including phenoxy) is 1. The van der Waals surface area contributed by atoms with Gasteiger partial charge in [-0.05, 0) is 29.8 Å². The second-order valence-electron chi connectivity index (χ2n) is 6.32. The minimum absolute atomic E-state index is 0.158. The van der Waals surface area contributed by atoms with Gasteiger partial charge in [0.25, 0.3) is 0 Å². The molecule has 4 rings (SSSR count). The largest absolute Gasteiger partial charge is 0.573 e. The van der Waals surface area contributed by atoms with Crippen LogP contribution < -0.4 is 15.7 Å². The van der Waals surface area contributed by atoms with Crippen molar-refractivity contribution in [2.45, 2.75) is 19.5 Å². The highest BCUT2D eigenvalue weighted by Gasteiger charge is 2.32. The zero-order valence-electron chi connectivity index (χ0n) is 15.1. The molecule has 4 aromatic rings. The number of alkyl halides is 3. The van der Waals surface area contributed by atoms with Crippen molar-refractivity contribution in [1.82, 2.24) is 24.5 Å². The predicted molar refractivity (Wildman–Crippen MR) is 106 cm³/mol. The van der Waals surface area contributed by atoms with Gasteiger partial charge in [-0.3, -0.25) is 4.57 Å². The molecule has 0 amide bonds. The van der Waals surface area contributed by atoms with E-state index in [9.17, 15) is 18.0 Å². The number of H-pyrrole nitrogens is 2. The van der Waals surface area contributed by atoms with Gasteiger partial charge < -0.3 is 20.0 Å². The van der Waals surface area contributed by atoms with Crippen molar-refractivity contribution in [2.24, 2.45) is 0 Å². The van der Waals surface area contributed by atoms with Crippen molar-refractivity contribution < 1.29 is 17.9 Å². The molecule has 8 nitrogen and oxygen atoms in total. The van der Waals surface area contributed by atoms with Gasteiger partial charge in [-0.2, -0.15) is 4.98 Å². The molecule has 0 aliphatic heterocycles. The van der Waals surface area contributed by atoms with Gasteiger partial charge in [0, 0.05) is 29.0 Å². The predicted octanol–water partition coefficient (Wildman–Crippen LogP) is 3.77. The van der Waals surface area contributed by atoms with Gasteiger partial charge in [0.05, 0.1) is 12.7 Å². The summed E-state index contributed by atoms with van der Waals surface area (Å²) in [4.78, 5) is 26.5. The smallest absolute Gasteiger partial charge is 0.405 e. The summed E-state index contributed by atoms with van der Waals surface area (Å²) in [7, 11) is 0. The molecule has 0 radical (unpaired) electrons. The molecule has 0 unspecified atom stereocenters. The van der Waals surface area contributed by atoms with Crippen LogP contribution in [-0.2, 0) is 13.1 Å². The molecule has 3 N–H and O–H groups in total. The third-order valence-corrected chi connectivity index (χ3v) is 4.69. The number of nitrogens with zero attached hydrogens (tertiary/aromatic N) is 3. The molecule has 0 aliphatic carbocycles. The van der Waals surface area contributed by atoms with Crippen molar-refractivity contribution in [3.05, 3.63) is 68.9 Å². The third kappa shape index (κ3) is 4.48. The number of nitrogens with one attached hydrogen (secondary N) is 3. The fourth-order valence-electron chi connectivity index (χ4n) is 2.89. The molecule has 0 spiro atoms. The zero-order chi connectivity index (χ0) is 21.3. The van der Waals surface area contributed by atoms with E-state index in [1.54, 1.807) is 6.20 Å². The van der Waals surface area contributed by atoms with Crippen molar-refractivity contribution in [3.8, 4) is 5.75 Å². The lowest BCUT2D eigenvalue weighted by molar-refractivity contribution is -0.274. The Labute approximate surface area is 175 Å². The van der Waals surface area contributed by atoms with Gasteiger partial charge in [-0.1, -0.05) is 15.9 Å². The van der Waals surface area contributed by atoms with Crippen LogP contribution in [0.25, 0.3) is 11.2 Å². The number of rotatable bonds is 6. The van der Waals surface area contributed by atoms with E-state index in [4.69, 9.17) is 0 Å². The Morgan fingerprint density at radius 2 is 2.10 bits per heavy atom. The monoisotopic (exact) mass is 482 g/mol. The van der Waals surface area contributed by atoms with Gasteiger partial charge in [0.2, 0.25) is 5.95 Å². The molecule has 1 aromatic carbocycles. The highest BCUT2D eigenvalue weighted by atomic mass is 79.9. The fourth-order valence-corrected chi connectivity index (χ4v) is 3.30. The highest BCUT2D eigenvalue weighted by molar-refractivity contribution is 9.10. The van der Waals surface area contributed by atoms with E-state index < -0.39 is 17.8 Å². The first kappa shape index (κ1) is 20.0. The van der Waals surface area contributed by atoms with Gasteiger partial charge in [-0.15, -0.1) is 13.2 Å². The number of halogens is 4. The van der Waals surface area contributed by atoms with Crippen LogP contribution in [0.3, 0.4) is 0 Å². The Bertz CT molecular complexity index is 1230. The molecule has 30 heavy (non-hydrogen) atoms. The average Bonchev–Trinajstić information content (AvgIpc) is 3.29. The first-order valence-electron chi connectivity index (χ1n) is 8.64. The van der Waals surface area contributed by atoms with Gasteiger partial charge in [-0.25, -0.2) is 9.78 Å². The maximum Gasteiger partial charge on any atom is 0.573 e. The van der Waals surface area contributed by atoms with Crippen LogP contribution in [0.5, 0.6) is 5.75 Å². The van der Waals surface area contributed by atoms with E-state index in [1.807, 2.05) is 12.3 Å². The van der Waals surface area contributed by atoms with Crippen LogP contribution in [0, 0.1) is 0 Å². The summed E-state index contributed by atoms with van der Waals surface area (Å²) >= 11 is 3.23. The van der Waals surface area contributed by atoms with E-state index in [2.05, 4.69) is 45.9 Å². The average molecular weight is 483 g/mol. The third-order valence-electron chi connectivity index (χ3n) is 4.20. The first-order chi connectivity index (χ1) is 14.3. The Kier molecular flexibility index (Phi) is 5.24. The van der Waals surface area contributed by atoms with E-state index >= 15 is 0 Å². The molecule has 0 bridgehead atoms. The van der Waals surface area contributed by atoms with Crippen molar-refractivity contribution in [2.75, 3.05) is 5.32 Å². The number of aromatic nitrogens is 5. The normalized spacial score (nSPS) is 11.7. The molecular formula is C18H14BrF3N6O2. The highest BCUT2D eigenvalue weighted by Crippen LogP contribution is 2.29. The van der Waals surface area contributed by atoms with Crippen LogP contribution in [0.4, 0.5) is 19.1 Å². The summed E-state index contributed by atoms with van der Waals surface area (Å²) < 4.78 is 44.1. The first-order valence-corrected chi connectivity index (χ1v) is 9.43. The van der Waals surface area contributed by atoms with E-state index in [0.29, 0.717) is 16.5 Å². The lowest BCUT2D eigenvalue weighted by Crippen LogP contribution is -2.21. The Balaban J connectivity index is 1.67. The Morgan fingerprint density at radius 1 is 1.27 bits per heavy atom. The summed E-state index contributed by atoms with van der Waals surface area (Å²) in [6.07, 6.45) is 0.176. The van der Waals surface area contributed by atoms with Crippen LogP contribution in [0.2, 0.25) is 0 Å².